The molecule has 7 heteroatoms. The van der Waals surface area contributed by atoms with Crippen LogP contribution >= 0.6 is 0 Å². The van der Waals surface area contributed by atoms with E-state index in [1.807, 2.05) is 31.2 Å². The van der Waals surface area contributed by atoms with Gasteiger partial charge in [-0.3, -0.25) is 9.79 Å². The lowest BCUT2D eigenvalue weighted by Crippen LogP contribution is -2.31. The molecule has 0 heterocycles. The van der Waals surface area contributed by atoms with Crippen molar-refractivity contribution in [1.29, 1.82) is 0 Å². The lowest BCUT2D eigenvalue weighted by atomic mass is 10.1. The van der Waals surface area contributed by atoms with Gasteiger partial charge >= 0.3 is 5.97 Å². The van der Waals surface area contributed by atoms with Crippen molar-refractivity contribution < 1.29 is 19.0 Å². The number of hydrogen-bond acceptors (Lipinski definition) is 5. The van der Waals surface area contributed by atoms with Gasteiger partial charge in [0.25, 0.3) is 0 Å². The van der Waals surface area contributed by atoms with E-state index in [9.17, 15) is 4.79 Å². The number of carbonyl (C=O) groups excluding carboxylic acids is 1. The minimum absolute atomic E-state index is 0.102. The van der Waals surface area contributed by atoms with Gasteiger partial charge in [0.15, 0.2) is 5.96 Å². The first-order chi connectivity index (χ1) is 13.7. The van der Waals surface area contributed by atoms with Gasteiger partial charge < -0.3 is 24.8 Å². The molecule has 0 aliphatic rings. The Morgan fingerprint density at radius 1 is 1.11 bits per heavy atom. The first-order valence-corrected chi connectivity index (χ1v) is 10.0. The van der Waals surface area contributed by atoms with E-state index >= 15 is 0 Å². The minimum atomic E-state index is -0.102. The van der Waals surface area contributed by atoms with Gasteiger partial charge in [0.1, 0.15) is 5.75 Å². The maximum absolute atomic E-state index is 11.3. The lowest BCUT2D eigenvalue weighted by Gasteiger charge is -2.13. The van der Waals surface area contributed by atoms with Gasteiger partial charge in [-0.2, -0.15) is 0 Å². The summed E-state index contributed by atoms with van der Waals surface area (Å²) in [6.45, 7) is 4.43. The normalized spacial score (nSPS) is 11.2. The fourth-order valence-electron chi connectivity index (χ4n) is 2.56. The summed E-state index contributed by atoms with van der Waals surface area (Å²) in [6, 6.07) is 7.81. The topological polar surface area (TPSA) is 81.2 Å². The molecule has 0 unspecified atom stereocenters. The molecule has 0 aromatic heterocycles. The Hall–Kier alpha value is -2.28. The predicted molar refractivity (Wildman–Crippen MR) is 113 cm³/mol. The van der Waals surface area contributed by atoms with Crippen LogP contribution in [0.2, 0.25) is 0 Å². The molecule has 0 spiro atoms. The summed E-state index contributed by atoms with van der Waals surface area (Å²) in [5.74, 6) is 1.44. The number of anilines is 1. The van der Waals surface area contributed by atoms with Crippen LogP contribution in [0.5, 0.6) is 5.75 Å². The van der Waals surface area contributed by atoms with Crippen LogP contribution in [0.25, 0.3) is 0 Å². The molecule has 0 saturated heterocycles. The first kappa shape index (κ1) is 23.8. The fraction of sp³-hybridized carbons (Fsp3) is 0.619. The number of esters is 1. The van der Waals surface area contributed by atoms with Gasteiger partial charge in [-0.25, -0.2) is 0 Å². The van der Waals surface area contributed by atoms with Crippen LogP contribution in [0.4, 0.5) is 5.69 Å². The number of methoxy groups -OCH3 is 1. The van der Waals surface area contributed by atoms with Crippen molar-refractivity contribution in [2.24, 2.45) is 4.99 Å². The number of carbonyl (C=O) groups is 1. The van der Waals surface area contributed by atoms with Gasteiger partial charge in [-0.15, -0.1) is 0 Å². The summed E-state index contributed by atoms with van der Waals surface area (Å²) < 4.78 is 15.7. The molecular weight excluding hydrogens is 358 g/mol. The molecule has 1 aromatic rings. The standard InChI is InChI=1S/C21H35N3O4/c1-4-27-20(25)13-7-5-6-8-14-23-21(22-2)24-18-11-9-12-19(17-18)28-16-10-15-26-3/h9,11-12,17H,4-8,10,13-16H2,1-3H3,(H2,22,23,24). The van der Waals surface area contributed by atoms with E-state index in [0.717, 1.165) is 56.0 Å². The Morgan fingerprint density at radius 3 is 2.68 bits per heavy atom. The number of ether oxygens (including phenoxy) is 3. The number of guanidine groups is 1. The smallest absolute Gasteiger partial charge is 0.305 e. The summed E-state index contributed by atoms with van der Waals surface area (Å²) in [7, 11) is 3.44. The Bertz CT molecular complexity index is 579. The van der Waals surface area contributed by atoms with Crippen LogP contribution in [0.1, 0.15) is 45.4 Å². The molecule has 1 aromatic carbocycles. The van der Waals surface area contributed by atoms with Crippen LogP contribution in [0.3, 0.4) is 0 Å². The lowest BCUT2D eigenvalue weighted by molar-refractivity contribution is -0.143. The zero-order valence-corrected chi connectivity index (χ0v) is 17.5. The van der Waals surface area contributed by atoms with Crippen molar-refractivity contribution in [3.63, 3.8) is 0 Å². The van der Waals surface area contributed by atoms with Crippen LogP contribution in [-0.2, 0) is 14.3 Å². The molecule has 1 rings (SSSR count). The highest BCUT2D eigenvalue weighted by Crippen LogP contribution is 2.17. The van der Waals surface area contributed by atoms with Gasteiger partial charge in [0.2, 0.25) is 0 Å². The van der Waals surface area contributed by atoms with E-state index in [4.69, 9.17) is 14.2 Å². The Labute approximate surface area is 168 Å². The van der Waals surface area contributed by atoms with Crippen LogP contribution in [0, 0.1) is 0 Å². The molecule has 0 amide bonds. The zero-order valence-electron chi connectivity index (χ0n) is 17.5. The summed E-state index contributed by atoms with van der Waals surface area (Å²) in [4.78, 5) is 15.5. The molecule has 0 atom stereocenters. The summed E-state index contributed by atoms with van der Waals surface area (Å²) in [6.07, 6.45) is 5.35. The summed E-state index contributed by atoms with van der Waals surface area (Å²) >= 11 is 0. The van der Waals surface area contributed by atoms with E-state index in [1.54, 1.807) is 14.2 Å². The molecule has 0 saturated carbocycles. The van der Waals surface area contributed by atoms with Gasteiger partial charge in [0, 0.05) is 51.9 Å². The van der Waals surface area contributed by atoms with Crippen LogP contribution < -0.4 is 15.4 Å². The first-order valence-electron chi connectivity index (χ1n) is 10.0. The number of rotatable bonds is 14. The summed E-state index contributed by atoms with van der Waals surface area (Å²) in [5, 5.41) is 6.58. The van der Waals surface area contributed by atoms with Crippen LogP contribution in [-0.4, -0.2) is 52.5 Å². The largest absolute Gasteiger partial charge is 0.493 e. The average Bonchev–Trinajstić information content (AvgIpc) is 2.70. The summed E-state index contributed by atoms with van der Waals surface area (Å²) in [5.41, 5.74) is 0.923. The monoisotopic (exact) mass is 393 g/mol. The highest BCUT2D eigenvalue weighted by molar-refractivity contribution is 5.93. The molecule has 28 heavy (non-hydrogen) atoms. The average molecular weight is 394 g/mol. The van der Waals surface area contributed by atoms with Crippen molar-refractivity contribution in [2.75, 3.05) is 45.8 Å². The highest BCUT2D eigenvalue weighted by atomic mass is 16.5. The van der Waals surface area contributed by atoms with Gasteiger partial charge in [-0.1, -0.05) is 18.9 Å². The number of nitrogens with zero attached hydrogens (tertiary/aromatic N) is 1. The quantitative estimate of drug-likeness (QED) is 0.218. The van der Waals surface area contributed by atoms with Gasteiger partial charge in [-0.05, 0) is 31.9 Å². The van der Waals surface area contributed by atoms with Gasteiger partial charge in [0.05, 0.1) is 13.2 Å². The number of hydrogen-bond donors (Lipinski definition) is 2. The Morgan fingerprint density at radius 2 is 1.93 bits per heavy atom. The second kappa shape index (κ2) is 15.7. The van der Waals surface area contributed by atoms with Crippen molar-refractivity contribution in [1.82, 2.24) is 5.32 Å². The highest BCUT2D eigenvalue weighted by Gasteiger charge is 2.03. The molecule has 0 aliphatic carbocycles. The Kier molecular flexibility index (Phi) is 13.4. The number of benzene rings is 1. The van der Waals surface area contributed by atoms with Crippen molar-refractivity contribution in [3.05, 3.63) is 24.3 Å². The molecule has 0 fully saturated rings. The van der Waals surface area contributed by atoms with Crippen molar-refractivity contribution in [3.8, 4) is 5.75 Å². The third-order valence-electron chi connectivity index (χ3n) is 3.99. The molecule has 0 aliphatic heterocycles. The van der Waals surface area contributed by atoms with E-state index in [1.165, 1.54) is 0 Å². The molecule has 158 valence electrons. The molecule has 0 bridgehead atoms. The van der Waals surface area contributed by atoms with E-state index < -0.39 is 0 Å². The van der Waals surface area contributed by atoms with E-state index in [0.29, 0.717) is 26.2 Å². The number of aliphatic imine (C=N–C) groups is 1. The zero-order chi connectivity index (χ0) is 20.5. The molecule has 2 N–H and O–H groups in total. The Balaban J connectivity index is 2.23. The third kappa shape index (κ3) is 11.4. The minimum Gasteiger partial charge on any atom is -0.493 e. The second-order valence-electron chi connectivity index (χ2n) is 6.32. The molecule has 7 nitrogen and oxygen atoms in total. The van der Waals surface area contributed by atoms with E-state index in [2.05, 4.69) is 15.6 Å². The predicted octanol–water partition coefficient (Wildman–Crippen LogP) is 3.60. The van der Waals surface area contributed by atoms with Crippen LogP contribution in [0.15, 0.2) is 29.3 Å². The molecule has 0 radical (unpaired) electrons. The second-order valence-corrected chi connectivity index (χ2v) is 6.32. The number of nitrogens with one attached hydrogen (secondary N) is 2. The maximum Gasteiger partial charge on any atom is 0.305 e. The van der Waals surface area contributed by atoms with E-state index in [-0.39, 0.29) is 5.97 Å². The van der Waals surface area contributed by atoms with Crippen molar-refractivity contribution >= 4 is 17.6 Å². The molecular formula is C21H35N3O4. The van der Waals surface area contributed by atoms with Crippen molar-refractivity contribution in [2.45, 2.75) is 45.4 Å². The maximum atomic E-state index is 11.3. The SMILES string of the molecule is CCOC(=O)CCCCCCNC(=NC)Nc1cccc(OCCCOC)c1. The third-order valence-corrected chi connectivity index (χ3v) is 3.99. The number of unbranched alkanes of at least 4 members (excludes halogenated alkanes) is 3. The fourth-order valence-corrected chi connectivity index (χ4v) is 2.56.